The molecular weight excluding hydrogens is 442 g/mol. The molecule has 11 atom stereocenters. The summed E-state index contributed by atoms with van der Waals surface area (Å²) in [6.45, 7) is -0.695. The summed E-state index contributed by atoms with van der Waals surface area (Å²) >= 11 is 0. The third kappa shape index (κ3) is 5.35. The van der Waals surface area contributed by atoms with Crippen molar-refractivity contribution in [2.24, 2.45) is 0 Å². The first-order valence-electron chi connectivity index (χ1n) is 9.70. The molecule has 0 aromatic carbocycles. The standard InChI is InChI=1S/C17H29NO14/c1-5(21)18-9-6(22)2-17(16(28)29,31-13(9)10(24)7(23)3-19)32-14-12(26)11(25)8(4-20)30-15(14)27/h6-15,19-20,22-27H,2-4H2,1H3,(H,18,21)(H,28,29)/t6-,7+,8+,9+,10+,11-,12-,13+,14+,15+,17-/m0/s1. The summed E-state index contributed by atoms with van der Waals surface area (Å²) in [7, 11) is 0. The molecule has 0 aliphatic carbocycles. The Kier molecular flexibility index (Phi) is 8.88. The summed E-state index contributed by atoms with van der Waals surface area (Å²) in [5.41, 5.74) is 0. The number of aliphatic hydroxyl groups is 8. The van der Waals surface area contributed by atoms with Gasteiger partial charge >= 0.3 is 5.97 Å². The molecule has 2 heterocycles. The number of carboxylic acids is 1. The molecule has 0 spiro atoms. The molecule has 0 unspecified atom stereocenters. The maximum atomic E-state index is 12.1. The normalized spacial score (nSPS) is 42.2. The molecule has 2 rings (SSSR count). The minimum Gasteiger partial charge on any atom is -0.477 e. The van der Waals surface area contributed by atoms with Gasteiger partial charge in [-0.3, -0.25) is 4.79 Å². The van der Waals surface area contributed by atoms with Crippen LogP contribution in [0.15, 0.2) is 0 Å². The number of carbonyl (C=O) groups excluding carboxylic acids is 1. The maximum Gasteiger partial charge on any atom is 0.364 e. The Morgan fingerprint density at radius 3 is 2.28 bits per heavy atom. The second-order valence-corrected chi connectivity index (χ2v) is 7.69. The molecule has 15 heteroatoms. The van der Waals surface area contributed by atoms with E-state index in [0.29, 0.717) is 0 Å². The van der Waals surface area contributed by atoms with Crippen LogP contribution in [0.2, 0.25) is 0 Å². The Morgan fingerprint density at radius 2 is 1.78 bits per heavy atom. The first kappa shape index (κ1) is 26.7. The van der Waals surface area contributed by atoms with Gasteiger partial charge in [0.2, 0.25) is 5.91 Å². The van der Waals surface area contributed by atoms with E-state index in [4.69, 9.17) is 24.4 Å². The van der Waals surface area contributed by atoms with E-state index in [1.165, 1.54) is 0 Å². The van der Waals surface area contributed by atoms with Crippen molar-refractivity contribution >= 4 is 11.9 Å². The van der Waals surface area contributed by atoms with E-state index >= 15 is 0 Å². The Morgan fingerprint density at radius 1 is 1.16 bits per heavy atom. The third-order valence-corrected chi connectivity index (χ3v) is 5.36. The number of aliphatic carboxylic acids is 1. The molecule has 2 aliphatic heterocycles. The quantitative estimate of drug-likeness (QED) is 0.158. The molecule has 0 aromatic heterocycles. The van der Waals surface area contributed by atoms with Gasteiger partial charge in [0, 0.05) is 13.3 Å². The number of ether oxygens (including phenoxy) is 3. The van der Waals surface area contributed by atoms with Crippen LogP contribution >= 0.6 is 0 Å². The van der Waals surface area contributed by atoms with Gasteiger partial charge in [-0.15, -0.1) is 0 Å². The average Bonchev–Trinajstić information content (AvgIpc) is 2.73. The monoisotopic (exact) mass is 471 g/mol. The van der Waals surface area contributed by atoms with Crippen molar-refractivity contribution in [3.8, 4) is 0 Å². The van der Waals surface area contributed by atoms with E-state index in [2.05, 4.69) is 5.32 Å². The second-order valence-electron chi connectivity index (χ2n) is 7.69. The number of nitrogens with one attached hydrogen (secondary N) is 1. The molecular formula is C17H29NO14. The highest BCUT2D eigenvalue weighted by molar-refractivity contribution is 5.76. The molecule has 2 saturated heterocycles. The molecule has 10 N–H and O–H groups in total. The number of carbonyl (C=O) groups is 2. The lowest BCUT2D eigenvalue weighted by molar-refractivity contribution is -0.372. The van der Waals surface area contributed by atoms with Crippen LogP contribution in [0.5, 0.6) is 0 Å². The lowest BCUT2D eigenvalue weighted by Gasteiger charge is -2.49. The van der Waals surface area contributed by atoms with Crippen LogP contribution in [0.25, 0.3) is 0 Å². The van der Waals surface area contributed by atoms with Gasteiger partial charge in [0.05, 0.1) is 25.4 Å². The van der Waals surface area contributed by atoms with E-state index in [0.717, 1.165) is 6.92 Å². The highest BCUT2D eigenvalue weighted by Crippen LogP contribution is 2.36. The van der Waals surface area contributed by atoms with E-state index in [9.17, 15) is 45.3 Å². The lowest BCUT2D eigenvalue weighted by Crippen LogP contribution is -2.70. The molecule has 0 aromatic rings. The van der Waals surface area contributed by atoms with Gasteiger partial charge < -0.3 is 65.5 Å². The van der Waals surface area contributed by atoms with Crippen molar-refractivity contribution in [1.82, 2.24) is 5.32 Å². The predicted octanol–water partition coefficient (Wildman–Crippen LogP) is -6.05. The summed E-state index contributed by atoms with van der Waals surface area (Å²) < 4.78 is 15.5. The highest BCUT2D eigenvalue weighted by atomic mass is 16.8. The number of amides is 1. The molecule has 1 amide bonds. The molecule has 2 fully saturated rings. The van der Waals surface area contributed by atoms with Crippen molar-refractivity contribution in [3.63, 3.8) is 0 Å². The van der Waals surface area contributed by atoms with E-state index in [1.54, 1.807) is 0 Å². The molecule has 0 radical (unpaired) electrons. The van der Waals surface area contributed by atoms with Crippen molar-refractivity contribution in [2.45, 2.75) is 80.3 Å². The highest BCUT2D eigenvalue weighted by Gasteiger charge is 2.59. The maximum absolute atomic E-state index is 12.1. The second kappa shape index (κ2) is 10.6. The Balaban J connectivity index is 2.39. The number of rotatable bonds is 8. The SMILES string of the molecule is CC(=O)N[C@H]1[C@H]([C@H](O)[C@H](O)CO)O[C@@](O[C@@H]2[C@@H](O)[C@@H](O)[C@@H](CO)O[C@H]2O)(C(=O)O)C[C@@H]1O. The molecule has 15 nitrogen and oxygen atoms in total. The van der Waals surface area contributed by atoms with Crippen LogP contribution < -0.4 is 5.32 Å². The van der Waals surface area contributed by atoms with Crippen LogP contribution in [0, 0.1) is 0 Å². The van der Waals surface area contributed by atoms with Crippen LogP contribution in [0.4, 0.5) is 0 Å². The Bertz CT molecular complexity index is 665. The smallest absolute Gasteiger partial charge is 0.364 e. The first-order chi connectivity index (χ1) is 14.9. The van der Waals surface area contributed by atoms with E-state index < -0.39 is 98.5 Å². The third-order valence-electron chi connectivity index (χ3n) is 5.36. The van der Waals surface area contributed by atoms with Gasteiger partial charge in [-0.1, -0.05) is 0 Å². The minimum absolute atomic E-state index is 0.693. The van der Waals surface area contributed by atoms with Gasteiger partial charge in [0.25, 0.3) is 5.79 Å². The molecule has 0 bridgehead atoms. The number of hydrogen-bond donors (Lipinski definition) is 10. The molecule has 32 heavy (non-hydrogen) atoms. The number of carboxylic acid groups (broad SMARTS) is 1. The van der Waals surface area contributed by atoms with E-state index in [-0.39, 0.29) is 0 Å². The zero-order valence-electron chi connectivity index (χ0n) is 17.0. The number of aliphatic hydroxyl groups excluding tert-OH is 8. The Hall–Kier alpha value is -1.50. The van der Waals surface area contributed by atoms with Crippen molar-refractivity contribution < 1.29 is 69.8 Å². The fourth-order valence-electron chi connectivity index (χ4n) is 3.67. The van der Waals surface area contributed by atoms with Gasteiger partial charge in [0.1, 0.15) is 42.7 Å². The average molecular weight is 471 g/mol. The van der Waals surface area contributed by atoms with Crippen molar-refractivity contribution in [3.05, 3.63) is 0 Å². The van der Waals surface area contributed by atoms with Gasteiger partial charge in [0.15, 0.2) is 6.29 Å². The largest absolute Gasteiger partial charge is 0.477 e. The zero-order chi connectivity index (χ0) is 24.4. The summed E-state index contributed by atoms with van der Waals surface area (Å²) in [6.07, 6.45) is -17.5. The van der Waals surface area contributed by atoms with Gasteiger partial charge in [-0.2, -0.15) is 0 Å². The predicted molar refractivity (Wildman–Crippen MR) is 97.4 cm³/mol. The minimum atomic E-state index is -2.86. The molecule has 0 saturated carbocycles. The molecule has 2 aliphatic rings. The summed E-state index contributed by atoms with van der Waals surface area (Å²) in [5.74, 6) is -5.44. The topological polar surface area (TPSA) is 256 Å². The fraction of sp³-hybridized carbons (Fsp3) is 0.882. The van der Waals surface area contributed by atoms with Crippen LogP contribution in [0.1, 0.15) is 13.3 Å². The van der Waals surface area contributed by atoms with Crippen LogP contribution in [-0.4, -0.2) is 138 Å². The Labute approximate surface area is 181 Å². The molecule has 186 valence electrons. The fourth-order valence-corrected chi connectivity index (χ4v) is 3.67. The number of hydrogen-bond acceptors (Lipinski definition) is 13. The first-order valence-corrected chi connectivity index (χ1v) is 9.70. The zero-order valence-corrected chi connectivity index (χ0v) is 17.0. The van der Waals surface area contributed by atoms with Crippen LogP contribution in [-0.2, 0) is 23.8 Å². The summed E-state index contributed by atoms with van der Waals surface area (Å²) in [6, 6.07) is -1.44. The van der Waals surface area contributed by atoms with Crippen LogP contribution in [0.3, 0.4) is 0 Å². The van der Waals surface area contributed by atoms with Crippen molar-refractivity contribution in [1.29, 1.82) is 0 Å². The summed E-state index contributed by atoms with van der Waals surface area (Å²) in [5, 5.41) is 91.4. The summed E-state index contributed by atoms with van der Waals surface area (Å²) in [4.78, 5) is 23.6. The van der Waals surface area contributed by atoms with Gasteiger partial charge in [-0.05, 0) is 0 Å². The lowest BCUT2D eigenvalue weighted by atomic mass is 9.88. The van der Waals surface area contributed by atoms with Gasteiger partial charge in [-0.25, -0.2) is 4.79 Å². The van der Waals surface area contributed by atoms with E-state index in [1.807, 2.05) is 0 Å². The van der Waals surface area contributed by atoms with Crippen molar-refractivity contribution in [2.75, 3.05) is 13.2 Å².